The first-order valence-electron chi connectivity index (χ1n) is 6.44. The number of thiazole rings is 1. The number of hydrogen-bond acceptors (Lipinski definition) is 4. The van der Waals surface area contributed by atoms with Gasteiger partial charge in [-0.3, -0.25) is 4.98 Å². The Morgan fingerprint density at radius 2 is 2.06 bits per heavy atom. The minimum Gasteiger partial charge on any atom is -0.328 e. The second-order valence-electron chi connectivity index (χ2n) is 4.93. The highest BCUT2D eigenvalue weighted by atomic mass is 32.1. The number of nitrogens with zero attached hydrogens (tertiary/aromatic N) is 2. The van der Waals surface area contributed by atoms with Gasteiger partial charge >= 0.3 is 0 Å². The Morgan fingerprint density at radius 1 is 1.22 bits per heavy atom. The molecule has 0 unspecified atom stereocenters. The van der Waals surface area contributed by atoms with Crippen LogP contribution in [0.15, 0.2) is 29.9 Å². The largest absolute Gasteiger partial charge is 0.328 e. The Hall–Kier alpha value is -1.26. The van der Waals surface area contributed by atoms with Gasteiger partial charge in [-0.15, -0.1) is 11.3 Å². The molecule has 0 atom stereocenters. The van der Waals surface area contributed by atoms with Crippen molar-refractivity contribution in [1.82, 2.24) is 9.97 Å². The van der Waals surface area contributed by atoms with Crippen LogP contribution in [0, 0.1) is 0 Å². The van der Waals surface area contributed by atoms with Gasteiger partial charge in [0.25, 0.3) is 0 Å². The highest BCUT2D eigenvalue weighted by Gasteiger charge is 2.22. The Morgan fingerprint density at radius 3 is 2.78 bits per heavy atom. The first-order chi connectivity index (χ1) is 8.83. The first kappa shape index (κ1) is 11.8. The minimum atomic E-state index is 0.401. The van der Waals surface area contributed by atoms with Crippen LogP contribution in [0.4, 0.5) is 0 Å². The van der Waals surface area contributed by atoms with Crippen molar-refractivity contribution in [2.75, 3.05) is 0 Å². The van der Waals surface area contributed by atoms with Gasteiger partial charge in [0.15, 0.2) is 0 Å². The number of hydrogen-bond donors (Lipinski definition) is 1. The van der Waals surface area contributed by atoms with Crippen LogP contribution in [0.5, 0.6) is 0 Å². The molecule has 0 aromatic carbocycles. The van der Waals surface area contributed by atoms with Crippen LogP contribution in [-0.2, 0) is 0 Å². The molecule has 1 aliphatic carbocycles. The zero-order valence-electron chi connectivity index (χ0n) is 10.2. The molecule has 2 aromatic heterocycles. The Kier molecular flexibility index (Phi) is 3.39. The van der Waals surface area contributed by atoms with Crippen molar-refractivity contribution in [3.63, 3.8) is 0 Å². The molecule has 18 heavy (non-hydrogen) atoms. The molecule has 3 rings (SSSR count). The topological polar surface area (TPSA) is 51.8 Å². The lowest BCUT2D eigenvalue weighted by molar-refractivity contribution is 0.391. The molecule has 2 N–H and O–H groups in total. The molecular weight excluding hydrogens is 242 g/mol. The summed E-state index contributed by atoms with van der Waals surface area (Å²) in [7, 11) is 0. The van der Waals surface area contributed by atoms with E-state index in [-0.39, 0.29) is 0 Å². The molecule has 2 heterocycles. The monoisotopic (exact) mass is 259 g/mol. The molecule has 4 heteroatoms. The Labute approximate surface area is 111 Å². The fourth-order valence-electron chi connectivity index (χ4n) is 2.51. The van der Waals surface area contributed by atoms with E-state index in [1.165, 1.54) is 18.5 Å². The lowest BCUT2D eigenvalue weighted by Crippen LogP contribution is -2.25. The van der Waals surface area contributed by atoms with E-state index in [4.69, 9.17) is 10.7 Å². The van der Waals surface area contributed by atoms with Crippen molar-refractivity contribution in [2.24, 2.45) is 5.73 Å². The molecule has 3 nitrogen and oxygen atoms in total. The summed E-state index contributed by atoms with van der Waals surface area (Å²) >= 11 is 1.71. The predicted octanol–water partition coefficient (Wildman–Crippen LogP) is 3.19. The SMILES string of the molecule is NC1CCC(c2csc(-c3cccnc3)n2)CC1. The molecule has 2 aromatic rings. The van der Waals surface area contributed by atoms with Crippen LogP contribution in [0.25, 0.3) is 10.6 Å². The van der Waals surface area contributed by atoms with Gasteiger partial charge in [-0.1, -0.05) is 0 Å². The van der Waals surface area contributed by atoms with Gasteiger partial charge in [0.05, 0.1) is 5.69 Å². The van der Waals surface area contributed by atoms with E-state index in [0.29, 0.717) is 12.0 Å². The van der Waals surface area contributed by atoms with Gasteiger partial charge < -0.3 is 5.73 Å². The summed E-state index contributed by atoms with van der Waals surface area (Å²) in [6.45, 7) is 0. The lowest BCUT2D eigenvalue weighted by Gasteiger charge is -2.24. The van der Waals surface area contributed by atoms with Gasteiger partial charge in [0.2, 0.25) is 0 Å². The van der Waals surface area contributed by atoms with Crippen molar-refractivity contribution in [1.29, 1.82) is 0 Å². The average molecular weight is 259 g/mol. The third kappa shape index (κ3) is 2.44. The van der Waals surface area contributed by atoms with Crippen molar-refractivity contribution in [3.05, 3.63) is 35.6 Å². The van der Waals surface area contributed by atoms with E-state index >= 15 is 0 Å². The first-order valence-corrected chi connectivity index (χ1v) is 7.32. The van der Waals surface area contributed by atoms with Gasteiger partial charge in [-0.05, 0) is 37.8 Å². The number of nitrogens with two attached hydrogens (primary N) is 1. The highest BCUT2D eigenvalue weighted by molar-refractivity contribution is 7.13. The fourth-order valence-corrected chi connectivity index (χ4v) is 3.40. The zero-order chi connectivity index (χ0) is 12.4. The quantitative estimate of drug-likeness (QED) is 0.901. The third-order valence-electron chi connectivity index (χ3n) is 3.62. The maximum absolute atomic E-state index is 5.95. The molecule has 1 aliphatic rings. The Balaban J connectivity index is 1.78. The van der Waals surface area contributed by atoms with Crippen molar-refractivity contribution in [3.8, 4) is 10.6 Å². The number of pyridine rings is 1. The maximum atomic E-state index is 5.95. The van der Waals surface area contributed by atoms with Gasteiger partial charge in [0, 0.05) is 35.3 Å². The smallest absolute Gasteiger partial charge is 0.125 e. The highest BCUT2D eigenvalue weighted by Crippen LogP contribution is 2.34. The third-order valence-corrected chi connectivity index (χ3v) is 4.53. The molecule has 0 spiro atoms. The van der Waals surface area contributed by atoms with Crippen molar-refractivity contribution < 1.29 is 0 Å². The van der Waals surface area contributed by atoms with Crippen molar-refractivity contribution in [2.45, 2.75) is 37.6 Å². The Bertz CT molecular complexity index is 501. The van der Waals surface area contributed by atoms with E-state index in [0.717, 1.165) is 23.4 Å². The van der Waals surface area contributed by atoms with E-state index in [1.807, 2.05) is 12.3 Å². The molecule has 94 valence electrons. The van der Waals surface area contributed by atoms with Gasteiger partial charge in [-0.2, -0.15) is 0 Å². The van der Waals surface area contributed by atoms with Crippen LogP contribution in [0.3, 0.4) is 0 Å². The molecule has 1 saturated carbocycles. The molecule has 0 amide bonds. The predicted molar refractivity (Wildman–Crippen MR) is 74.5 cm³/mol. The summed E-state index contributed by atoms with van der Waals surface area (Å²) in [6, 6.07) is 4.42. The molecule has 0 aliphatic heterocycles. The second-order valence-corrected chi connectivity index (χ2v) is 5.79. The summed E-state index contributed by atoms with van der Waals surface area (Å²) in [6.07, 6.45) is 8.28. The van der Waals surface area contributed by atoms with Gasteiger partial charge in [-0.25, -0.2) is 4.98 Å². The number of rotatable bonds is 2. The van der Waals surface area contributed by atoms with Crippen LogP contribution in [-0.4, -0.2) is 16.0 Å². The van der Waals surface area contributed by atoms with Gasteiger partial charge in [0.1, 0.15) is 5.01 Å². The molecule has 0 radical (unpaired) electrons. The molecule has 1 fully saturated rings. The average Bonchev–Trinajstić information content (AvgIpc) is 2.90. The molecule has 0 saturated heterocycles. The molecule has 0 bridgehead atoms. The van der Waals surface area contributed by atoms with Crippen LogP contribution in [0.2, 0.25) is 0 Å². The van der Waals surface area contributed by atoms with E-state index in [9.17, 15) is 0 Å². The van der Waals surface area contributed by atoms with E-state index in [2.05, 4.69) is 16.4 Å². The maximum Gasteiger partial charge on any atom is 0.125 e. The molecular formula is C14H17N3S. The lowest BCUT2D eigenvalue weighted by atomic mass is 9.85. The minimum absolute atomic E-state index is 0.401. The van der Waals surface area contributed by atoms with Crippen molar-refractivity contribution >= 4 is 11.3 Å². The van der Waals surface area contributed by atoms with E-state index in [1.54, 1.807) is 17.5 Å². The summed E-state index contributed by atoms with van der Waals surface area (Å²) < 4.78 is 0. The van der Waals surface area contributed by atoms with Crippen LogP contribution < -0.4 is 5.73 Å². The standard InChI is InChI=1S/C14H17N3S/c15-12-5-3-10(4-6-12)13-9-18-14(17-13)11-2-1-7-16-8-11/h1-2,7-10,12H,3-6,15H2. The summed E-state index contributed by atoms with van der Waals surface area (Å²) in [5.74, 6) is 0.603. The summed E-state index contributed by atoms with van der Waals surface area (Å²) in [5.41, 5.74) is 8.30. The summed E-state index contributed by atoms with van der Waals surface area (Å²) in [4.78, 5) is 8.91. The number of aromatic nitrogens is 2. The van der Waals surface area contributed by atoms with Crippen LogP contribution in [0.1, 0.15) is 37.3 Å². The zero-order valence-corrected chi connectivity index (χ0v) is 11.1. The van der Waals surface area contributed by atoms with E-state index < -0.39 is 0 Å². The second kappa shape index (κ2) is 5.16. The normalized spacial score (nSPS) is 24.1. The van der Waals surface area contributed by atoms with Crippen LogP contribution >= 0.6 is 11.3 Å². The fraction of sp³-hybridized carbons (Fsp3) is 0.429. The summed E-state index contributed by atoms with van der Waals surface area (Å²) in [5, 5.41) is 3.28.